The van der Waals surface area contributed by atoms with Crippen molar-refractivity contribution in [2.75, 3.05) is 28.4 Å². The van der Waals surface area contributed by atoms with Gasteiger partial charge in [-0.2, -0.15) is 0 Å². The fraction of sp³-hybridized carbons (Fsp3) is 0.455. The maximum Gasteiger partial charge on any atom is 0.129 e. The van der Waals surface area contributed by atoms with Gasteiger partial charge in [0.15, 0.2) is 0 Å². The van der Waals surface area contributed by atoms with Crippen LogP contribution in [0.5, 0.6) is 5.75 Å². The fourth-order valence-corrected chi connectivity index (χ4v) is 4.70. The summed E-state index contributed by atoms with van der Waals surface area (Å²) >= 11 is 3.51. The number of benzene rings is 1. The van der Waals surface area contributed by atoms with Gasteiger partial charge in [-0.15, -0.1) is 0 Å². The van der Waals surface area contributed by atoms with Gasteiger partial charge in [-0.05, 0) is 102 Å². The average Bonchev–Trinajstić information content (AvgIpc) is 2.90. The quantitative estimate of drug-likeness (QED) is 0.186. The van der Waals surface area contributed by atoms with Crippen molar-refractivity contribution in [2.24, 2.45) is 0 Å². The number of hydrogen-bond donors (Lipinski definition) is 0. The topological polar surface area (TPSA) is 46.2 Å². The Morgan fingerprint density at radius 2 is 1.62 bits per heavy atom. The van der Waals surface area contributed by atoms with E-state index in [1.54, 1.807) is 40.8 Å². The third kappa shape index (κ3) is 10.3. The summed E-state index contributed by atoms with van der Waals surface area (Å²) in [5.74, 6) is 3.76. The van der Waals surface area contributed by atoms with Crippen LogP contribution in [0.15, 0.2) is 82.4 Å². The first-order valence-electron chi connectivity index (χ1n) is 13.2. The van der Waals surface area contributed by atoms with E-state index in [1.165, 1.54) is 29.5 Å². The summed E-state index contributed by atoms with van der Waals surface area (Å²) in [5, 5.41) is 0. The van der Waals surface area contributed by atoms with Gasteiger partial charge in [-0.25, -0.2) is 0 Å². The van der Waals surface area contributed by atoms with E-state index < -0.39 is 0 Å². The molecular weight excluding hydrogens is 556 g/mol. The van der Waals surface area contributed by atoms with Crippen LogP contribution in [0.4, 0.5) is 0 Å². The van der Waals surface area contributed by atoms with Crippen molar-refractivity contribution in [3.8, 4) is 5.75 Å². The smallest absolute Gasteiger partial charge is 0.129 e. The Morgan fingerprint density at radius 3 is 2.13 bits per heavy atom. The molecule has 0 atom stereocenters. The molecule has 0 N–H and O–H groups in total. The van der Waals surface area contributed by atoms with Gasteiger partial charge < -0.3 is 23.7 Å². The van der Waals surface area contributed by atoms with Gasteiger partial charge in [0, 0.05) is 11.6 Å². The lowest BCUT2D eigenvalue weighted by atomic mass is 9.72. The Bertz CT molecular complexity index is 1130. The Kier molecular flexibility index (Phi) is 14.3. The first-order chi connectivity index (χ1) is 18.3. The van der Waals surface area contributed by atoms with E-state index in [4.69, 9.17) is 23.7 Å². The third-order valence-electron chi connectivity index (χ3n) is 6.74. The predicted molar refractivity (Wildman–Crippen MR) is 166 cm³/mol. The zero-order valence-electron chi connectivity index (χ0n) is 25.5. The molecule has 1 aliphatic rings. The number of aryl methyl sites for hydroxylation is 2. The van der Waals surface area contributed by atoms with E-state index in [9.17, 15) is 0 Å². The Hall–Kier alpha value is -2.86. The standard InChI is InChI=1S/C21H27BrO2.C12H20O3/c1-14(2)19(23-6)11-17(22)13-24-20-12-18-16(10-15(20)3)8-7-9-21(18,4)5;1-7-11(10(3)14-5)12(15-6)8-9(2)13-4/h10-13H,1,7-9H2,2-6H3;8H,2,7H2,1,3-6H3/b17-13-,19-11-;11-10+,12-8+. The molecule has 39 heavy (non-hydrogen) atoms. The highest BCUT2D eigenvalue weighted by Gasteiger charge is 2.28. The molecule has 1 aromatic carbocycles. The van der Waals surface area contributed by atoms with Gasteiger partial charge in [0.2, 0.25) is 0 Å². The molecule has 0 saturated carbocycles. The zero-order chi connectivity index (χ0) is 29.8. The number of ether oxygens (including phenoxy) is 5. The highest BCUT2D eigenvalue weighted by molar-refractivity contribution is 9.11. The van der Waals surface area contributed by atoms with Gasteiger partial charge in [-0.1, -0.05) is 40.0 Å². The number of hydrogen-bond acceptors (Lipinski definition) is 5. The number of rotatable bonds is 11. The van der Waals surface area contributed by atoms with Crippen molar-refractivity contribution < 1.29 is 23.7 Å². The molecule has 1 aromatic rings. The second-order valence-electron chi connectivity index (χ2n) is 10.1. The van der Waals surface area contributed by atoms with Crippen molar-refractivity contribution in [2.45, 2.75) is 72.6 Å². The molecular formula is C33H47BrO5. The molecule has 0 aromatic heterocycles. The van der Waals surface area contributed by atoms with Crippen LogP contribution in [0.1, 0.15) is 70.6 Å². The Morgan fingerprint density at radius 1 is 0.974 bits per heavy atom. The van der Waals surface area contributed by atoms with Crippen LogP contribution in [0.25, 0.3) is 0 Å². The molecule has 1 aliphatic carbocycles. The second-order valence-corrected chi connectivity index (χ2v) is 11.0. The van der Waals surface area contributed by atoms with Crippen LogP contribution in [0.3, 0.4) is 0 Å². The number of allylic oxidation sites excluding steroid dienone is 6. The van der Waals surface area contributed by atoms with Gasteiger partial charge in [0.25, 0.3) is 0 Å². The van der Waals surface area contributed by atoms with Crippen LogP contribution in [0.2, 0.25) is 0 Å². The summed E-state index contributed by atoms with van der Waals surface area (Å²) in [5.41, 5.74) is 6.13. The molecule has 6 heteroatoms. The Labute approximate surface area is 245 Å². The van der Waals surface area contributed by atoms with Gasteiger partial charge in [0.1, 0.15) is 29.3 Å². The second kappa shape index (κ2) is 16.3. The molecule has 2 rings (SSSR count). The molecule has 0 bridgehead atoms. The summed E-state index contributed by atoms with van der Waals surface area (Å²) in [6, 6.07) is 4.48. The van der Waals surface area contributed by atoms with Crippen LogP contribution >= 0.6 is 15.9 Å². The van der Waals surface area contributed by atoms with Gasteiger partial charge in [-0.3, -0.25) is 0 Å². The summed E-state index contributed by atoms with van der Waals surface area (Å²) in [6.45, 7) is 20.2. The van der Waals surface area contributed by atoms with Crippen LogP contribution in [-0.4, -0.2) is 28.4 Å². The molecule has 0 fully saturated rings. The summed E-state index contributed by atoms with van der Waals surface area (Å²) in [4.78, 5) is 0. The molecule has 0 saturated heterocycles. The Balaban J connectivity index is 0.000000439. The summed E-state index contributed by atoms with van der Waals surface area (Å²) in [6.07, 6.45) is 9.79. The molecule has 0 spiro atoms. The lowest BCUT2D eigenvalue weighted by Gasteiger charge is -2.33. The minimum atomic E-state index is 0.212. The normalized spacial score (nSPS) is 15.6. The molecule has 0 radical (unpaired) electrons. The number of methoxy groups -OCH3 is 4. The van der Waals surface area contributed by atoms with Crippen molar-refractivity contribution >= 4 is 15.9 Å². The molecule has 216 valence electrons. The average molecular weight is 604 g/mol. The maximum absolute atomic E-state index is 5.94. The van der Waals surface area contributed by atoms with Crippen molar-refractivity contribution in [3.05, 3.63) is 99.1 Å². The molecule has 0 aliphatic heterocycles. The van der Waals surface area contributed by atoms with Crippen molar-refractivity contribution in [3.63, 3.8) is 0 Å². The third-order valence-corrected chi connectivity index (χ3v) is 7.16. The van der Waals surface area contributed by atoms with E-state index in [1.807, 2.05) is 26.8 Å². The minimum absolute atomic E-state index is 0.212. The van der Waals surface area contributed by atoms with Gasteiger partial charge in [0.05, 0.1) is 38.7 Å². The first kappa shape index (κ1) is 34.2. The van der Waals surface area contributed by atoms with Crippen molar-refractivity contribution in [1.29, 1.82) is 0 Å². The summed E-state index contributed by atoms with van der Waals surface area (Å²) < 4.78 is 27.5. The van der Waals surface area contributed by atoms with Crippen LogP contribution < -0.4 is 4.74 Å². The van der Waals surface area contributed by atoms with Crippen LogP contribution in [-0.2, 0) is 30.8 Å². The van der Waals surface area contributed by atoms with E-state index in [-0.39, 0.29) is 5.41 Å². The molecule has 0 heterocycles. The highest BCUT2D eigenvalue weighted by atomic mass is 79.9. The number of fused-ring (bicyclic) bond motifs is 1. The van der Waals surface area contributed by atoms with E-state index in [0.29, 0.717) is 5.76 Å². The summed E-state index contributed by atoms with van der Waals surface area (Å²) in [7, 11) is 6.47. The van der Waals surface area contributed by atoms with Crippen LogP contribution in [0, 0.1) is 6.92 Å². The predicted octanol–water partition coefficient (Wildman–Crippen LogP) is 9.34. The largest absolute Gasteiger partial charge is 0.501 e. The van der Waals surface area contributed by atoms with E-state index in [0.717, 1.165) is 51.5 Å². The molecule has 0 amide bonds. The fourth-order valence-electron chi connectivity index (χ4n) is 4.40. The zero-order valence-corrected chi connectivity index (χ0v) is 27.1. The number of halogens is 1. The minimum Gasteiger partial charge on any atom is -0.501 e. The van der Waals surface area contributed by atoms with E-state index >= 15 is 0 Å². The lowest BCUT2D eigenvalue weighted by molar-refractivity contribution is 0.261. The van der Waals surface area contributed by atoms with E-state index in [2.05, 4.69) is 62.0 Å². The SMILES string of the molecule is C=C(/C=C(OC)\C(CC)=C(/C)OC)OC.C=C(C)/C(=C/C(Br)=C/Oc1cc2c(cc1C)CCCC2(C)C)OC. The first-order valence-corrected chi connectivity index (χ1v) is 13.9. The van der Waals surface area contributed by atoms with Crippen molar-refractivity contribution in [1.82, 2.24) is 0 Å². The molecule has 5 nitrogen and oxygen atoms in total. The maximum atomic E-state index is 5.94. The molecule has 0 unspecified atom stereocenters. The highest BCUT2D eigenvalue weighted by Crippen LogP contribution is 2.40. The lowest BCUT2D eigenvalue weighted by Crippen LogP contribution is -2.23. The monoisotopic (exact) mass is 602 g/mol. The van der Waals surface area contributed by atoms with Gasteiger partial charge >= 0.3 is 0 Å².